The van der Waals surface area contributed by atoms with Gasteiger partial charge in [-0.15, -0.1) is 0 Å². The minimum absolute atomic E-state index is 0.499. The second kappa shape index (κ2) is 6.28. The molecular formula is C13H18ClN7. The first-order valence-corrected chi connectivity index (χ1v) is 7.31. The Bertz CT molecular complexity index is 606. The van der Waals surface area contributed by atoms with Crippen LogP contribution in [0.5, 0.6) is 0 Å². The van der Waals surface area contributed by atoms with Crippen molar-refractivity contribution in [2.75, 3.05) is 30.3 Å². The second-order valence-corrected chi connectivity index (χ2v) is 5.56. The van der Waals surface area contributed by atoms with Crippen molar-refractivity contribution in [3.05, 3.63) is 23.6 Å². The van der Waals surface area contributed by atoms with E-state index in [1.165, 1.54) is 6.42 Å². The van der Waals surface area contributed by atoms with Gasteiger partial charge in [0.2, 0.25) is 5.95 Å². The number of hydrogen-bond acceptors (Lipinski definition) is 6. The van der Waals surface area contributed by atoms with Crippen LogP contribution in [0.15, 0.2) is 18.6 Å². The van der Waals surface area contributed by atoms with E-state index in [2.05, 4.69) is 31.0 Å². The van der Waals surface area contributed by atoms with Gasteiger partial charge in [0, 0.05) is 19.8 Å². The molecule has 2 aromatic rings. The van der Waals surface area contributed by atoms with E-state index < -0.39 is 0 Å². The van der Waals surface area contributed by atoms with E-state index in [9.17, 15) is 0 Å². The molecule has 1 fully saturated rings. The van der Waals surface area contributed by atoms with Crippen LogP contribution in [-0.4, -0.2) is 39.4 Å². The average Bonchev–Trinajstić information content (AvgIpc) is 3.11. The summed E-state index contributed by atoms with van der Waals surface area (Å²) in [4.78, 5) is 8.59. The first-order valence-electron chi connectivity index (χ1n) is 6.93. The topological polar surface area (TPSA) is 79.7 Å². The molecule has 2 aromatic heterocycles. The van der Waals surface area contributed by atoms with Gasteiger partial charge in [0.25, 0.3) is 0 Å². The van der Waals surface area contributed by atoms with Crippen molar-refractivity contribution >= 4 is 29.1 Å². The minimum Gasteiger partial charge on any atom is -0.368 e. The van der Waals surface area contributed by atoms with Gasteiger partial charge in [-0.05, 0) is 25.4 Å². The number of anilines is 3. The predicted molar refractivity (Wildman–Crippen MR) is 83.0 cm³/mol. The number of rotatable bonds is 5. The Hall–Kier alpha value is -1.86. The molecule has 8 heteroatoms. The van der Waals surface area contributed by atoms with E-state index in [0.29, 0.717) is 22.7 Å². The SMILES string of the molecule is Cn1cc(Nc2ncc(Cl)c(NCC3CCNC3)n2)cn1. The van der Waals surface area contributed by atoms with Gasteiger partial charge < -0.3 is 16.0 Å². The van der Waals surface area contributed by atoms with E-state index in [0.717, 1.165) is 25.3 Å². The zero-order valence-electron chi connectivity index (χ0n) is 11.8. The van der Waals surface area contributed by atoms with Crippen LogP contribution in [0.25, 0.3) is 0 Å². The lowest BCUT2D eigenvalue weighted by Crippen LogP contribution is -2.18. The molecule has 3 N–H and O–H groups in total. The fourth-order valence-electron chi connectivity index (χ4n) is 2.30. The van der Waals surface area contributed by atoms with Crippen molar-refractivity contribution in [2.45, 2.75) is 6.42 Å². The summed E-state index contributed by atoms with van der Waals surface area (Å²) < 4.78 is 1.71. The Morgan fingerprint density at radius 1 is 1.48 bits per heavy atom. The molecule has 0 aliphatic carbocycles. The Morgan fingerprint density at radius 2 is 2.38 bits per heavy atom. The Labute approximate surface area is 128 Å². The maximum absolute atomic E-state index is 6.14. The molecule has 1 saturated heterocycles. The van der Waals surface area contributed by atoms with Crippen molar-refractivity contribution in [3.8, 4) is 0 Å². The summed E-state index contributed by atoms with van der Waals surface area (Å²) >= 11 is 6.14. The molecule has 3 heterocycles. The molecule has 1 aliphatic heterocycles. The zero-order chi connectivity index (χ0) is 14.7. The number of nitrogens with zero attached hydrogens (tertiary/aromatic N) is 4. The summed E-state index contributed by atoms with van der Waals surface area (Å²) in [6.07, 6.45) is 6.35. The van der Waals surface area contributed by atoms with Crippen LogP contribution in [0.4, 0.5) is 17.5 Å². The molecule has 7 nitrogen and oxygen atoms in total. The van der Waals surface area contributed by atoms with Gasteiger partial charge in [0.15, 0.2) is 5.82 Å². The van der Waals surface area contributed by atoms with Crippen molar-refractivity contribution in [2.24, 2.45) is 13.0 Å². The van der Waals surface area contributed by atoms with E-state index in [1.54, 1.807) is 17.1 Å². The maximum Gasteiger partial charge on any atom is 0.229 e. The Morgan fingerprint density at radius 3 is 3.10 bits per heavy atom. The quantitative estimate of drug-likeness (QED) is 0.779. The number of nitrogens with one attached hydrogen (secondary N) is 3. The molecule has 1 aliphatic rings. The van der Waals surface area contributed by atoms with Crippen LogP contribution in [0.3, 0.4) is 0 Å². The number of aryl methyl sites for hydroxylation is 1. The lowest BCUT2D eigenvalue weighted by Gasteiger charge is -2.12. The van der Waals surface area contributed by atoms with Crippen LogP contribution in [-0.2, 0) is 7.05 Å². The van der Waals surface area contributed by atoms with Crippen molar-refractivity contribution < 1.29 is 0 Å². The zero-order valence-corrected chi connectivity index (χ0v) is 12.6. The number of hydrogen-bond donors (Lipinski definition) is 3. The molecule has 0 aromatic carbocycles. The van der Waals surface area contributed by atoms with Gasteiger partial charge >= 0.3 is 0 Å². The molecular weight excluding hydrogens is 290 g/mol. The fraction of sp³-hybridized carbons (Fsp3) is 0.462. The van der Waals surface area contributed by atoms with Gasteiger partial charge in [0.1, 0.15) is 5.02 Å². The van der Waals surface area contributed by atoms with Gasteiger partial charge in [-0.1, -0.05) is 11.6 Å². The summed E-state index contributed by atoms with van der Waals surface area (Å²) in [7, 11) is 1.86. The predicted octanol–water partition coefficient (Wildman–Crippen LogP) is 1.63. The molecule has 1 atom stereocenters. The van der Waals surface area contributed by atoms with Crippen molar-refractivity contribution in [3.63, 3.8) is 0 Å². The Kier molecular flexibility index (Phi) is 4.21. The number of halogens is 1. The van der Waals surface area contributed by atoms with Gasteiger partial charge in [-0.2, -0.15) is 10.1 Å². The highest BCUT2D eigenvalue weighted by Gasteiger charge is 2.15. The van der Waals surface area contributed by atoms with E-state index in [4.69, 9.17) is 11.6 Å². The number of aromatic nitrogens is 4. The third kappa shape index (κ3) is 3.62. The second-order valence-electron chi connectivity index (χ2n) is 5.16. The summed E-state index contributed by atoms with van der Waals surface area (Å²) in [6, 6.07) is 0. The molecule has 3 rings (SSSR count). The smallest absolute Gasteiger partial charge is 0.229 e. The largest absolute Gasteiger partial charge is 0.368 e. The molecule has 0 amide bonds. The summed E-state index contributed by atoms with van der Waals surface area (Å²) in [5, 5.41) is 14.4. The molecule has 0 bridgehead atoms. The highest BCUT2D eigenvalue weighted by atomic mass is 35.5. The highest BCUT2D eigenvalue weighted by molar-refractivity contribution is 6.32. The summed E-state index contributed by atoms with van der Waals surface area (Å²) in [6.45, 7) is 2.98. The first kappa shape index (κ1) is 14.1. The summed E-state index contributed by atoms with van der Waals surface area (Å²) in [5.41, 5.74) is 0.839. The average molecular weight is 308 g/mol. The summed E-state index contributed by atoms with van der Waals surface area (Å²) in [5.74, 6) is 1.77. The van der Waals surface area contributed by atoms with Gasteiger partial charge in [-0.3, -0.25) is 4.68 Å². The van der Waals surface area contributed by atoms with Gasteiger partial charge in [0.05, 0.1) is 18.1 Å². The monoisotopic (exact) mass is 307 g/mol. The third-order valence-electron chi connectivity index (χ3n) is 3.43. The van der Waals surface area contributed by atoms with Crippen LogP contribution >= 0.6 is 11.6 Å². The van der Waals surface area contributed by atoms with Crippen molar-refractivity contribution in [1.29, 1.82) is 0 Å². The lowest BCUT2D eigenvalue weighted by atomic mass is 10.1. The molecule has 1 unspecified atom stereocenters. The van der Waals surface area contributed by atoms with Crippen molar-refractivity contribution in [1.82, 2.24) is 25.1 Å². The first-order chi connectivity index (χ1) is 10.2. The molecule has 0 saturated carbocycles. The van der Waals surface area contributed by atoms with E-state index >= 15 is 0 Å². The molecule has 0 spiro atoms. The highest BCUT2D eigenvalue weighted by Crippen LogP contribution is 2.22. The lowest BCUT2D eigenvalue weighted by molar-refractivity contribution is 0.614. The fourth-order valence-corrected chi connectivity index (χ4v) is 2.45. The normalized spacial score (nSPS) is 17.9. The standard InChI is InChI=1S/C13H18ClN7/c1-21-8-10(6-18-21)19-13-17-7-11(14)12(20-13)16-5-9-2-3-15-4-9/h6-9,15H,2-5H2,1H3,(H2,16,17,19,20). The van der Waals surface area contributed by atoms with Crippen LogP contribution in [0.2, 0.25) is 5.02 Å². The van der Waals surface area contributed by atoms with Gasteiger partial charge in [-0.25, -0.2) is 4.98 Å². The van der Waals surface area contributed by atoms with Crippen LogP contribution in [0, 0.1) is 5.92 Å². The van der Waals surface area contributed by atoms with E-state index in [1.807, 2.05) is 13.2 Å². The minimum atomic E-state index is 0.499. The van der Waals surface area contributed by atoms with E-state index in [-0.39, 0.29) is 0 Å². The van der Waals surface area contributed by atoms with Crippen LogP contribution in [0.1, 0.15) is 6.42 Å². The molecule has 112 valence electrons. The molecule has 21 heavy (non-hydrogen) atoms. The third-order valence-corrected chi connectivity index (χ3v) is 3.70. The Balaban J connectivity index is 1.66. The van der Waals surface area contributed by atoms with Crippen LogP contribution < -0.4 is 16.0 Å². The molecule has 0 radical (unpaired) electrons. The maximum atomic E-state index is 6.14.